The molecule has 0 atom stereocenters. The summed E-state index contributed by atoms with van der Waals surface area (Å²) in [6, 6.07) is 15.5. The number of esters is 1. The molecule has 0 spiro atoms. The van der Waals surface area contributed by atoms with E-state index in [1.54, 1.807) is 13.8 Å². The number of carbonyl (C=O) groups excluding carboxylic acids is 1. The summed E-state index contributed by atoms with van der Waals surface area (Å²) in [5, 5.41) is 24.9. The molecule has 0 aliphatic carbocycles. The summed E-state index contributed by atoms with van der Waals surface area (Å²) < 4.78 is 12.9. The average molecular weight is 491 g/mol. The molecule has 2 N–H and O–H groups in total. The summed E-state index contributed by atoms with van der Waals surface area (Å²) in [6.45, 7) is 8.44. The highest BCUT2D eigenvalue weighted by Gasteiger charge is 2.32. The molecule has 0 unspecified atom stereocenters. The van der Waals surface area contributed by atoms with Crippen LogP contribution < -0.4 is 0 Å². The molecule has 4 aromatic rings. The van der Waals surface area contributed by atoms with E-state index in [-0.39, 0.29) is 18.9 Å². The molecule has 2 aromatic carbocycles. The Bertz CT molecular complexity index is 1310. The van der Waals surface area contributed by atoms with E-state index in [2.05, 4.69) is 25.6 Å². The summed E-state index contributed by atoms with van der Waals surface area (Å²) in [5.41, 5.74) is 2.89. The van der Waals surface area contributed by atoms with Gasteiger partial charge in [0.25, 0.3) is 0 Å². The monoisotopic (exact) mass is 490 g/mol. The van der Waals surface area contributed by atoms with Crippen LogP contribution in [0.4, 0.5) is 0 Å². The minimum Gasteiger partial charge on any atom is -0.456 e. The van der Waals surface area contributed by atoms with E-state index < -0.39 is 11.6 Å². The lowest BCUT2D eigenvalue weighted by Crippen LogP contribution is -2.25. The zero-order chi connectivity index (χ0) is 25.7. The van der Waals surface area contributed by atoms with Crippen molar-refractivity contribution in [3.05, 3.63) is 71.3 Å². The Labute approximate surface area is 209 Å². The fourth-order valence-electron chi connectivity index (χ4n) is 4.12. The number of hydrogen-bond acceptors (Lipinski definition) is 8. The zero-order valence-electron chi connectivity index (χ0n) is 20.9. The van der Waals surface area contributed by atoms with Crippen LogP contribution in [0.3, 0.4) is 0 Å². The van der Waals surface area contributed by atoms with Crippen molar-refractivity contribution in [2.45, 2.75) is 53.1 Å². The second kappa shape index (κ2) is 10.8. The molecule has 10 heteroatoms. The number of tetrazole rings is 1. The molecule has 36 heavy (non-hydrogen) atoms. The summed E-state index contributed by atoms with van der Waals surface area (Å²) in [7, 11) is 0. The van der Waals surface area contributed by atoms with Gasteiger partial charge in [0.1, 0.15) is 24.6 Å². The van der Waals surface area contributed by atoms with E-state index in [0.29, 0.717) is 30.5 Å². The van der Waals surface area contributed by atoms with E-state index in [4.69, 9.17) is 9.47 Å². The molecule has 2 heterocycles. The van der Waals surface area contributed by atoms with Gasteiger partial charge in [0.15, 0.2) is 11.5 Å². The van der Waals surface area contributed by atoms with E-state index >= 15 is 0 Å². The van der Waals surface area contributed by atoms with Crippen molar-refractivity contribution >= 4 is 5.97 Å². The molecule has 0 radical (unpaired) electrons. The predicted molar refractivity (Wildman–Crippen MR) is 133 cm³/mol. The van der Waals surface area contributed by atoms with Gasteiger partial charge in [-0.1, -0.05) is 48.5 Å². The fourth-order valence-corrected chi connectivity index (χ4v) is 4.12. The molecule has 0 aliphatic heterocycles. The molecular weight excluding hydrogens is 460 g/mol. The Morgan fingerprint density at radius 3 is 2.39 bits per heavy atom. The van der Waals surface area contributed by atoms with Crippen LogP contribution in [0.2, 0.25) is 0 Å². The number of rotatable bonds is 10. The second-order valence-corrected chi connectivity index (χ2v) is 8.73. The van der Waals surface area contributed by atoms with E-state index in [0.717, 1.165) is 22.3 Å². The van der Waals surface area contributed by atoms with Crippen molar-refractivity contribution in [3.63, 3.8) is 0 Å². The molecule has 0 saturated carbocycles. The number of aliphatic hydroxyl groups is 1. The van der Waals surface area contributed by atoms with Gasteiger partial charge in [-0.3, -0.25) is 0 Å². The minimum atomic E-state index is -1.28. The maximum Gasteiger partial charge on any atom is 0.359 e. The quantitative estimate of drug-likeness (QED) is 0.321. The highest BCUT2D eigenvalue weighted by Crippen LogP contribution is 2.30. The van der Waals surface area contributed by atoms with Crippen molar-refractivity contribution in [1.29, 1.82) is 0 Å². The van der Waals surface area contributed by atoms with Crippen molar-refractivity contribution in [1.82, 2.24) is 30.2 Å². The van der Waals surface area contributed by atoms with Crippen molar-refractivity contribution in [3.8, 4) is 22.5 Å². The van der Waals surface area contributed by atoms with Crippen molar-refractivity contribution < 1.29 is 19.4 Å². The number of imidazole rings is 1. The number of aromatic nitrogens is 6. The second-order valence-electron chi connectivity index (χ2n) is 8.73. The van der Waals surface area contributed by atoms with Gasteiger partial charge in [-0.05, 0) is 54.8 Å². The first-order valence-corrected chi connectivity index (χ1v) is 11.8. The van der Waals surface area contributed by atoms with E-state index in [1.165, 1.54) is 0 Å². The molecule has 4 rings (SSSR count). The van der Waals surface area contributed by atoms with Crippen LogP contribution in [-0.4, -0.2) is 47.9 Å². The van der Waals surface area contributed by atoms with Crippen LogP contribution in [0, 0.1) is 0 Å². The number of aromatic amines is 1. The summed E-state index contributed by atoms with van der Waals surface area (Å²) in [5.74, 6) is 0.569. The maximum atomic E-state index is 13.0. The van der Waals surface area contributed by atoms with Gasteiger partial charge in [-0.2, -0.15) is 0 Å². The van der Waals surface area contributed by atoms with Gasteiger partial charge in [0.2, 0.25) is 0 Å². The molecule has 0 bridgehead atoms. The molecule has 0 fully saturated rings. The third-order valence-corrected chi connectivity index (χ3v) is 5.73. The lowest BCUT2D eigenvalue weighted by Gasteiger charge is -2.21. The van der Waals surface area contributed by atoms with Crippen LogP contribution in [-0.2, 0) is 34.8 Å². The van der Waals surface area contributed by atoms with Crippen LogP contribution in [0.1, 0.15) is 55.3 Å². The molecule has 10 nitrogen and oxygen atoms in total. The first kappa shape index (κ1) is 25.2. The zero-order valence-corrected chi connectivity index (χ0v) is 20.9. The predicted octanol–water partition coefficient (Wildman–Crippen LogP) is 3.87. The Kier molecular flexibility index (Phi) is 7.56. The van der Waals surface area contributed by atoms with Gasteiger partial charge < -0.3 is 19.1 Å². The van der Waals surface area contributed by atoms with E-state index in [9.17, 15) is 9.90 Å². The number of carbonyl (C=O) groups is 1. The van der Waals surface area contributed by atoms with Crippen LogP contribution in [0.25, 0.3) is 22.5 Å². The van der Waals surface area contributed by atoms with E-state index in [1.807, 2.05) is 66.9 Å². The summed E-state index contributed by atoms with van der Waals surface area (Å²) >= 11 is 0. The average Bonchev–Trinajstić information content (AvgIpc) is 3.54. The number of ether oxygens (including phenoxy) is 2. The maximum absolute atomic E-state index is 13.0. The number of benzene rings is 2. The topological polar surface area (TPSA) is 128 Å². The Balaban J connectivity index is 1.52. The number of hydrogen-bond donors (Lipinski definition) is 2. The standard InChI is InChI=1S/C26H30N6O4/c1-5-32-21(16-35-6-2)27-22(23(32)26(3,4)34)25(33)36-15-17-11-13-18(14-12-17)19-9-7-8-10-20(19)24-28-30-31-29-24/h7-14,34H,5-6,15-16H2,1-4H3,(H,28,29,30,31). The number of nitrogens with zero attached hydrogens (tertiary/aromatic N) is 5. The lowest BCUT2D eigenvalue weighted by molar-refractivity contribution is 0.0421. The Morgan fingerprint density at radius 1 is 1.06 bits per heavy atom. The van der Waals surface area contributed by atoms with Gasteiger partial charge in [-0.15, -0.1) is 5.10 Å². The Hall–Kier alpha value is -3.89. The van der Waals surface area contributed by atoms with Gasteiger partial charge >= 0.3 is 5.97 Å². The molecule has 188 valence electrons. The Morgan fingerprint density at radius 2 is 1.78 bits per heavy atom. The van der Waals surface area contributed by atoms with Crippen LogP contribution >= 0.6 is 0 Å². The van der Waals surface area contributed by atoms with Gasteiger partial charge in [0.05, 0.1) is 5.69 Å². The smallest absolute Gasteiger partial charge is 0.359 e. The van der Waals surface area contributed by atoms with Gasteiger partial charge in [0, 0.05) is 18.7 Å². The van der Waals surface area contributed by atoms with Crippen LogP contribution in [0.5, 0.6) is 0 Å². The molecule has 0 amide bonds. The van der Waals surface area contributed by atoms with Crippen LogP contribution in [0.15, 0.2) is 48.5 Å². The first-order chi connectivity index (χ1) is 17.3. The van der Waals surface area contributed by atoms with Crippen molar-refractivity contribution in [2.24, 2.45) is 0 Å². The highest BCUT2D eigenvalue weighted by molar-refractivity contribution is 5.89. The fraction of sp³-hybridized carbons (Fsp3) is 0.346. The normalized spacial score (nSPS) is 11.6. The summed E-state index contributed by atoms with van der Waals surface area (Å²) in [6.07, 6.45) is 0. The summed E-state index contributed by atoms with van der Waals surface area (Å²) in [4.78, 5) is 17.5. The third-order valence-electron chi connectivity index (χ3n) is 5.73. The molecule has 0 saturated heterocycles. The minimum absolute atomic E-state index is 0.0673. The number of nitrogens with one attached hydrogen (secondary N) is 1. The highest BCUT2D eigenvalue weighted by atomic mass is 16.5. The van der Waals surface area contributed by atoms with Gasteiger partial charge in [-0.25, -0.2) is 14.9 Å². The number of H-pyrrole nitrogens is 1. The molecule has 2 aromatic heterocycles. The lowest BCUT2D eigenvalue weighted by atomic mass is 9.98. The molecular formula is C26H30N6O4. The SMILES string of the molecule is CCOCc1nc(C(=O)OCc2ccc(-c3ccccc3-c3nnn[nH]3)cc2)c(C(C)(C)O)n1CC. The molecule has 0 aliphatic rings. The largest absolute Gasteiger partial charge is 0.456 e. The van der Waals surface area contributed by atoms with Crippen molar-refractivity contribution in [2.75, 3.05) is 6.61 Å². The third kappa shape index (κ3) is 5.34. The first-order valence-electron chi connectivity index (χ1n) is 11.8.